The molecule has 1 amide bonds. The Morgan fingerprint density at radius 3 is 2.34 bits per heavy atom. The number of halogens is 2. The Labute approximate surface area is 173 Å². The molecule has 3 aromatic rings. The largest absolute Gasteiger partial charge is 0.319 e. The second-order valence-corrected chi connectivity index (χ2v) is 8.32. The molecular weight excluding hydrogens is 415 g/mol. The summed E-state index contributed by atoms with van der Waals surface area (Å²) >= 11 is 5.96. The molecule has 3 rings (SSSR count). The molecule has 0 aliphatic carbocycles. The quantitative estimate of drug-likeness (QED) is 0.569. The number of anilines is 2. The Morgan fingerprint density at radius 2 is 1.72 bits per heavy atom. The Kier molecular flexibility index (Phi) is 6.20. The van der Waals surface area contributed by atoms with Crippen LogP contribution in [0, 0.1) is 5.82 Å². The first-order valence-corrected chi connectivity index (χ1v) is 10.6. The molecule has 8 heteroatoms. The van der Waals surface area contributed by atoms with Crippen LogP contribution in [0.25, 0.3) is 0 Å². The van der Waals surface area contributed by atoms with E-state index in [4.69, 9.17) is 11.6 Å². The van der Waals surface area contributed by atoms with E-state index in [0.717, 1.165) is 18.1 Å². The van der Waals surface area contributed by atoms with E-state index in [1.165, 1.54) is 18.2 Å². The summed E-state index contributed by atoms with van der Waals surface area (Å²) in [5.74, 6) is -1.48. The van der Waals surface area contributed by atoms with Crippen LogP contribution >= 0.6 is 11.6 Å². The molecule has 0 saturated carbocycles. The molecule has 5 nitrogen and oxygen atoms in total. The van der Waals surface area contributed by atoms with Crippen molar-refractivity contribution in [3.05, 3.63) is 88.7 Å². The van der Waals surface area contributed by atoms with Crippen LogP contribution in [0.4, 0.5) is 15.8 Å². The van der Waals surface area contributed by atoms with Gasteiger partial charge in [0.15, 0.2) is 0 Å². The number of sulfonamides is 1. The van der Waals surface area contributed by atoms with Crippen LogP contribution in [0.3, 0.4) is 0 Å². The van der Waals surface area contributed by atoms with Crippen molar-refractivity contribution in [1.29, 1.82) is 0 Å². The van der Waals surface area contributed by atoms with Gasteiger partial charge in [0.2, 0.25) is 0 Å². The van der Waals surface area contributed by atoms with E-state index < -0.39 is 21.7 Å². The maximum atomic E-state index is 14.5. The minimum Gasteiger partial charge on any atom is -0.319 e. The number of rotatable bonds is 6. The van der Waals surface area contributed by atoms with Gasteiger partial charge in [0.1, 0.15) is 5.82 Å². The van der Waals surface area contributed by atoms with Crippen molar-refractivity contribution in [3.8, 4) is 0 Å². The first kappa shape index (κ1) is 20.8. The Bertz CT molecular complexity index is 1150. The number of carbonyl (C=O) groups excluding carboxylic acids is 1. The van der Waals surface area contributed by atoms with Crippen LogP contribution in [0.15, 0.2) is 71.6 Å². The fourth-order valence-corrected chi connectivity index (χ4v) is 3.91. The van der Waals surface area contributed by atoms with Gasteiger partial charge in [-0.15, -0.1) is 0 Å². The lowest BCUT2D eigenvalue weighted by molar-refractivity contribution is 0.102. The summed E-state index contributed by atoms with van der Waals surface area (Å²) in [7, 11) is -3.98. The summed E-state index contributed by atoms with van der Waals surface area (Å²) in [4.78, 5) is 12.0. The molecule has 0 heterocycles. The molecule has 29 heavy (non-hydrogen) atoms. The number of hydrogen-bond donors (Lipinski definition) is 2. The topological polar surface area (TPSA) is 75.3 Å². The highest BCUT2D eigenvalue weighted by Gasteiger charge is 2.18. The summed E-state index contributed by atoms with van der Waals surface area (Å²) in [5.41, 5.74) is 1.47. The predicted molar refractivity (Wildman–Crippen MR) is 112 cm³/mol. The molecule has 2 N–H and O–H groups in total. The molecule has 0 aromatic heterocycles. The highest BCUT2D eigenvalue weighted by molar-refractivity contribution is 7.92. The summed E-state index contributed by atoms with van der Waals surface area (Å²) in [5, 5.41) is 2.62. The lowest BCUT2D eigenvalue weighted by Gasteiger charge is -2.11. The molecule has 0 bridgehead atoms. The number of nitrogens with one attached hydrogen (secondary N) is 2. The van der Waals surface area contributed by atoms with Gasteiger partial charge in [0.25, 0.3) is 15.9 Å². The number of aryl methyl sites for hydroxylation is 1. The van der Waals surface area contributed by atoms with E-state index in [-0.39, 0.29) is 21.2 Å². The molecule has 0 saturated heterocycles. The van der Waals surface area contributed by atoms with Gasteiger partial charge in [-0.2, -0.15) is 0 Å². The van der Waals surface area contributed by atoms with Crippen molar-refractivity contribution >= 4 is 38.9 Å². The van der Waals surface area contributed by atoms with E-state index in [2.05, 4.69) is 10.0 Å². The van der Waals surface area contributed by atoms with Crippen molar-refractivity contribution < 1.29 is 17.6 Å². The van der Waals surface area contributed by atoms with Gasteiger partial charge >= 0.3 is 0 Å². The second kappa shape index (κ2) is 8.63. The average molecular weight is 433 g/mol. The van der Waals surface area contributed by atoms with Gasteiger partial charge < -0.3 is 5.32 Å². The van der Waals surface area contributed by atoms with Crippen LogP contribution in [0.5, 0.6) is 0 Å². The zero-order valence-electron chi connectivity index (χ0n) is 15.4. The summed E-state index contributed by atoms with van der Waals surface area (Å²) in [6.07, 6.45) is 0.833. The zero-order valence-corrected chi connectivity index (χ0v) is 17.0. The minimum atomic E-state index is -3.98. The lowest BCUT2D eigenvalue weighted by Crippen LogP contribution is -2.15. The first-order valence-electron chi connectivity index (χ1n) is 8.77. The van der Waals surface area contributed by atoms with Crippen LogP contribution in [0.2, 0.25) is 5.02 Å². The van der Waals surface area contributed by atoms with E-state index in [0.29, 0.717) is 5.69 Å². The predicted octanol–water partition coefficient (Wildman–Crippen LogP) is 5.09. The Balaban J connectivity index is 1.79. The van der Waals surface area contributed by atoms with Crippen LogP contribution in [0.1, 0.15) is 22.8 Å². The third-order valence-corrected chi connectivity index (χ3v) is 5.94. The molecule has 3 aromatic carbocycles. The Morgan fingerprint density at radius 1 is 1.03 bits per heavy atom. The maximum absolute atomic E-state index is 14.5. The third-order valence-electron chi connectivity index (χ3n) is 4.23. The highest BCUT2D eigenvalue weighted by atomic mass is 35.5. The van der Waals surface area contributed by atoms with Crippen LogP contribution < -0.4 is 10.0 Å². The van der Waals surface area contributed by atoms with E-state index >= 15 is 0 Å². The smallest absolute Gasteiger partial charge is 0.261 e. The zero-order chi connectivity index (χ0) is 21.0. The number of benzene rings is 3. The minimum absolute atomic E-state index is 0.152. The Hall–Kier alpha value is -2.90. The van der Waals surface area contributed by atoms with Crippen LogP contribution in [-0.4, -0.2) is 14.3 Å². The van der Waals surface area contributed by atoms with Crippen molar-refractivity contribution in [3.63, 3.8) is 0 Å². The van der Waals surface area contributed by atoms with Gasteiger partial charge in [0.05, 0.1) is 21.2 Å². The molecule has 0 radical (unpaired) electrons. The van der Waals surface area contributed by atoms with E-state index in [1.807, 2.05) is 19.1 Å². The van der Waals surface area contributed by atoms with Crippen molar-refractivity contribution in [2.24, 2.45) is 0 Å². The molecule has 0 spiro atoms. The summed E-state index contributed by atoms with van der Waals surface area (Å²) < 4.78 is 41.9. The lowest BCUT2D eigenvalue weighted by atomic mass is 10.2. The molecule has 0 aliphatic rings. The van der Waals surface area contributed by atoms with E-state index in [1.54, 1.807) is 30.3 Å². The second-order valence-electron chi connectivity index (χ2n) is 6.23. The number of carbonyl (C=O) groups is 1. The normalized spacial score (nSPS) is 11.1. The van der Waals surface area contributed by atoms with Gasteiger partial charge in [-0.05, 0) is 54.4 Å². The molecular formula is C21H18ClFN2O3S. The van der Waals surface area contributed by atoms with Gasteiger partial charge in [-0.25, -0.2) is 12.8 Å². The molecule has 0 aliphatic heterocycles. The molecule has 0 unspecified atom stereocenters. The van der Waals surface area contributed by atoms with Crippen molar-refractivity contribution in [1.82, 2.24) is 0 Å². The maximum Gasteiger partial charge on any atom is 0.261 e. The average Bonchev–Trinajstić information content (AvgIpc) is 2.70. The van der Waals surface area contributed by atoms with Crippen molar-refractivity contribution in [2.75, 3.05) is 10.0 Å². The van der Waals surface area contributed by atoms with Gasteiger partial charge in [-0.3, -0.25) is 9.52 Å². The fourth-order valence-electron chi connectivity index (χ4n) is 2.62. The standard InChI is InChI=1S/C21H18ClFN2O3S/c1-2-14-7-9-15(10-8-14)25-29(27,28)16-11-12-20(19(23)13-16)24-21(26)17-5-3-4-6-18(17)22/h3-13,25H,2H2,1H3,(H,24,26). The molecule has 150 valence electrons. The van der Waals surface area contributed by atoms with Gasteiger partial charge in [-0.1, -0.05) is 42.8 Å². The monoisotopic (exact) mass is 432 g/mol. The highest BCUT2D eigenvalue weighted by Crippen LogP contribution is 2.23. The van der Waals surface area contributed by atoms with Crippen LogP contribution in [-0.2, 0) is 16.4 Å². The number of hydrogen-bond acceptors (Lipinski definition) is 3. The molecule has 0 fully saturated rings. The van der Waals surface area contributed by atoms with Crippen molar-refractivity contribution in [2.45, 2.75) is 18.2 Å². The van der Waals surface area contributed by atoms with E-state index in [9.17, 15) is 17.6 Å². The summed E-state index contributed by atoms with van der Waals surface area (Å²) in [6, 6.07) is 16.5. The van der Waals surface area contributed by atoms with Gasteiger partial charge in [0, 0.05) is 5.69 Å². The third kappa shape index (κ3) is 4.93. The molecule has 0 atom stereocenters. The summed E-state index contributed by atoms with van der Waals surface area (Å²) in [6.45, 7) is 1.99. The fraction of sp³-hybridized carbons (Fsp3) is 0.0952. The first-order chi connectivity index (χ1) is 13.8. The number of amides is 1. The SMILES string of the molecule is CCc1ccc(NS(=O)(=O)c2ccc(NC(=O)c3ccccc3Cl)c(F)c2)cc1.